The summed E-state index contributed by atoms with van der Waals surface area (Å²) in [5.74, 6) is 0.356. The number of rotatable bonds is 3. The van der Waals surface area contributed by atoms with Gasteiger partial charge in [-0.15, -0.1) is 0 Å². The number of methoxy groups -OCH3 is 2. The van der Waals surface area contributed by atoms with Gasteiger partial charge in [0.15, 0.2) is 0 Å². The molecule has 1 aromatic carbocycles. The number of ether oxygens (including phenoxy) is 2. The van der Waals surface area contributed by atoms with Gasteiger partial charge in [0.1, 0.15) is 5.75 Å². The van der Waals surface area contributed by atoms with Crippen LogP contribution in [0.2, 0.25) is 0 Å². The molecule has 1 heterocycles. The van der Waals surface area contributed by atoms with E-state index in [2.05, 4.69) is 9.72 Å². The van der Waals surface area contributed by atoms with Crippen LogP contribution in [-0.2, 0) is 4.74 Å². The molecule has 0 radical (unpaired) electrons. The first-order valence-electron chi connectivity index (χ1n) is 5.42. The van der Waals surface area contributed by atoms with E-state index in [0.29, 0.717) is 11.3 Å². The lowest BCUT2D eigenvalue weighted by atomic mass is 10.1. The van der Waals surface area contributed by atoms with Gasteiger partial charge in [-0.05, 0) is 23.8 Å². The fourth-order valence-corrected chi connectivity index (χ4v) is 1.60. The number of hydrogen-bond acceptors (Lipinski definition) is 4. The third-order valence-corrected chi connectivity index (χ3v) is 2.59. The van der Waals surface area contributed by atoms with E-state index in [-0.39, 0.29) is 5.97 Å². The monoisotopic (exact) mass is 243 g/mol. The summed E-state index contributed by atoms with van der Waals surface area (Å²) in [6.07, 6.45) is 3.39. The number of carbonyl (C=O) groups excluding carboxylic acids is 1. The molecule has 0 N–H and O–H groups in total. The smallest absolute Gasteiger partial charge is 0.337 e. The third-order valence-electron chi connectivity index (χ3n) is 2.59. The van der Waals surface area contributed by atoms with Gasteiger partial charge in [-0.1, -0.05) is 12.1 Å². The van der Waals surface area contributed by atoms with Crippen LogP contribution < -0.4 is 4.74 Å². The van der Waals surface area contributed by atoms with Gasteiger partial charge in [0.2, 0.25) is 0 Å². The lowest BCUT2D eigenvalue weighted by Gasteiger charge is -2.05. The Morgan fingerprint density at radius 1 is 1.06 bits per heavy atom. The molecule has 2 rings (SSSR count). The number of hydrogen-bond donors (Lipinski definition) is 0. The normalized spacial score (nSPS) is 9.89. The van der Waals surface area contributed by atoms with Gasteiger partial charge in [-0.2, -0.15) is 0 Å². The SMILES string of the molecule is COC(=O)c1ccc(-c2cncc(OC)c2)cc1. The second-order valence-electron chi connectivity index (χ2n) is 3.68. The maximum absolute atomic E-state index is 11.3. The largest absolute Gasteiger partial charge is 0.495 e. The predicted molar refractivity (Wildman–Crippen MR) is 67.6 cm³/mol. The number of nitrogens with zero attached hydrogens (tertiary/aromatic N) is 1. The zero-order valence-corrected chi connectivity index (χ0v) is 10.2. The van der Waals surface area contributed by atoms with Crippen molar-refractivity contribution in [1.29, 1.82) is 0 Å². The highest BCUT2D eigenvalue weighted by Crippen LogP contribution is 2.22. The van der Waals surface area contributed by atoms with E-state index < -0.39 is 0 Å². The first-order chi connectivity index (χ1) is 8.74. The highest BCUT2D eigenvalue weighted by atomic mass is 16.5. The van der Waals surface area contributed by atoms with Gasteiger partial charge in [-0.3, -0.25) is 4.98 Å². The van der Waals surface area contributed by atoms with Gasteiger partial charge in [0, 0.05) is 11.8 Å². The fourth-order valence-electron chi connectivity index (χ4n) is 1.60. The maximum atomic E-state index is 11.3. The molecule has 4 heteroatoms. The van der Waals surface area contributed by atoms with Crippen LogP contribution in [-0.4, -0.2) is 25.2 Å². The summed E-state index contributed by atoms with van der Waals surface area (Å²) in [7, 11) is 2.96. The van der Waals surface area contributed by atoms with Crippen LogP contribution >= 0.6 is 0 Å². The second kappa shape index (κ2) is 5.31. The molecule has 0 saturated carbocycles. The predicted octanol–water partition coefficient (Wildman–Crippen LogP) is 2.54. The van der Waals surface area contributed by atoms with E-state index in [9.17, 15) is 4.79 Å². The molecule has 92 valence electrons. The summed E-state index contributed by atoms with van der Waals surface area (Å²) in [4.78, 5) is 15.4. The van der Waals surface area contributed by atoms with Gasteiger partial charge in [0.25, 0.3) is 0 Å². The molecule has 0 fully saturated rings. The van der Waals surface area contributed by atoms with Gasteiger partial charge < -0.3 is 9.47 Å². The lowest BCUT2D eigenvalue weighted by Crippen LogP contribution is -2.00. The molecule has 1 aromatic heterocycles. The molecule has 4 nitrogen and oxygen atoms in total. The minimum atomic E-state index is -0.342. The molecule has 0 unspecified atom stereocenters. The van der Waals surface area contributed by atoms with Crippen molar-refractivity contribution < 1.29 is 14.3 Å². The molecular formula is C14H13NO3. The number of pyridine rings is 1. The van der Waals surface area contributed by atoms with Crippen LogP contribution in [0.15, 0.2) is 42.7 Å². The summed E-state index contributed by atoms with van der Waals surface area (Å²) in [6, 6.07) is 9.03. The molecule has 0 aliphatic rings. The minimum absolute atomic E-state index is 0.342. The van der Waals surface area contributed by atoms with Crippen molar-refractivity contribution in [2.75, 3.05) is 14.2 Å². The molecule has 0 amide bonds. The van der Waals surface area contributed by atoms with Crippen molar-refractivity contribution in [2.24, 2.45) is 0 Å². The van der Waals surface area contributed by atoms with E-state index >= 15 is 0 Å². The van der Waals surface area contributed by atoms with Gasteiger partial charge in [-0.25, -0.2) is 4.79 Å². The molecule has 0 aliphatic carbocycles. The van der Waals surface area contributed by atoms with Gasteiger partial charge in [0.05, 0.1) is 26.0 Å². The summed E-state index contributed by atoms with van der Waals surface area (Å²) < 4.78 is 9.77. The van der Waals surface area contributed by atoms with Crippen LogP contribution in [0.3, 0.4) is 0 Å². The zero-order chi connectivity index (χ0) is 13.0. The first-order valence-corrected chi connectivity index (χ1v) is 5.42. The van der Waals surface area contributed by atoms with Crippen molar-refractivity contribution >= 4 is 5.97 Å². The highest BCUT2D eigenvalue weighted by Gasteiger charge is 2.05. The molecule has 0 bridgehead atoms. The summed E-state index contributed by atoms with van der Waals surface area (Å²) in [5.41, 5.74) is 2.43. The average Bonchev–Trinajstić information content (AvgIpc) is 2.46. The Morgan fingerprint density at radius 3 is 2.39 bits per heavy atom. The van der Waals surface area contributed by atoms with Crippen LogP contribution in [0.1, 0.15) is 10.4 Å². The lowest BCUT2D eigenvalue weighted by molar-refractivity contribution is 0.0601. The first kappa shape index (κ1) is 12.1. The van der Waals surface area contributed by atoms with E-state index in [4.69, 9.17) is 4.74 Å². The van der Waals surface area contributed by atoms with Crippen LogP contribution in [0.5, 0.6) is 5.75 Å². The van der Waals surface area contributed by atoms with Crippen LogP contribution in [0.4, 0.5) is 0 Å². The second-order valence-corrected chi connectivity index (χ2v) is 3.68. The number of esters is 1. The summed E-state index contributed by atoms with van der Waals surface area (Å²) in [6.45, 7) is 0. The Bertz CT molecular complexity index is 549. The third kappa shape index (κ3) is 2.48. The minimum Gasteiger partial charge on any atom is -0.495 e. The topological polar surface area (TPSA) is 48.4 Å². The molecule has 0 spiro atoms. The zero-order valence-electron chi connectivity index (χ0n) is 10.2. The van der Waals surface area contributed by atoms with E-state index in [1.807, 2.05) is 18.2 Å². The van der Waals surface area contributed by atoms with E-state index in [0.717, 1.165) is 11.1 Å². The molecular weight excluding hydrogens is 230 g/mol. The standard InChI is InChI=1S/C14H13NO3/c1-17-13-7-12(8-15-9-13)10-3-5-11(6-4-10)14(16)18-2/h3-9H,1-2H3. The molecule has 2 aromatic rings. The summed E-state index contributed by atoms with van der Waals surface area (Å²) in [5, 5.41) is 0. The Morgan fingerprint density at radius 2 is 1.78 bits per heavy atom. The molecule has 18 heavy (non-hydrogen) atoms. The van der Waals surface area contributed by atoms with Gasteiger partial charge >= 0.3 is 5.97 Å². The average molecular weight is 243 g/mol. The highest BCUT2D eigenvalue weighted by molar-refractivity contribution is 5.89. The van der Waals surface area contributed by atoms with Crippen LogP contribution in [0.25, 0.3) is 11.1 Å². The van der Waals surface area contributed by atoms with Crippen molar-refractivity contribution in [1.82, 2.24) is 4.98 Å². The van der Waals surface area contributed by atoms with Crippen molar-refractivity contribution in [3.63, 3.8) is 0 Å². The van der Waals surface area contributed by atoms with Crippen molar-refractivity contribution in [3.05, 3.63) is 48.3 Å². The van der Waals surface area contributed by atoms with Crippen LogP contribution in [0, 0.1) is 0 Å². The number of carbonyl (C=O) groups is 1. The van der Waals surface area contributed by atoms with E-state index in [1.165, 1.54) is 7.11 Å². The quantitative estimate of drug-likeness (QED) is 0.777. The summed E-state index contributed by atoms with van der Waals surface area (Å²) >= 11 is 0. The number of benzene rings is 1. The van der Waals surface area contributed by atoms with Crippen molar-refractivity contribution in [2.45, 2.75) is 0 Å². The Kier molecular flexibility index (Phi) is 3.57. The Balaban J connectivity index is 2.31. The Hall–Kier alpha value is -2.36. The number of aromatic nitrogens is 1. The molecule has 0 saturated heterocycles. The molecule has 0 aliphatic heterocycles. The van der Waals surface area contributed by atoms with Crippen molar-refractivity contribution in [3.8, 4) is 16.9 Å². The van der Waals surface area contributed by atoms with E-state index in [1.54, 1.807) is 31.6 Å². The maximum Gasteiger partial charge on any atom is 0.337 e. The fraction of sp³-hybridized carbons (Fsp3) is 0.143. The molecule has 0 atom stereocenters. The Labute approximate surface area is 105 Å².